The number of benzene rings is 2. The highest BCUT2D eigenvalue weighted by Gasteiger charge is 2.12. The molecule has 0 saturated carbocycles. The van der Waals surface area contributed by atoms with Gasteiger partial charge >= 0.3 is 0 Å². The Morgan fingerprint density at radius 3 is 2.29 bits per heavy atom. The summed E-state index contributed by atoms with van der Waals surface area (Å²) >= 11 is 12.7. The summed E-state index contributed by atoms with van der Waals surface area (Å²) in [4.78, 5) is 0. The van der Waals surface area contributed by atoms with E-state index in [1.54, 1.807) is 0 Å². The van der Waals surface area contributed by atoms with E-state index in [-0.39, 0.29) is 5.88 Å². The average Bonchev–Trinajstić information content (AvgIpc) is 2.49. The number of rotatable bonds is 6. The maximum atomic E-state index is 9.68. The van der Waals surface area contributed by atoms with Crippen molar-refractivity contribution in [3.63, 3.8) is 0 Å². The first-order chi connectivity index (χ1) is 10.1. The number of hydrogen-bond donors (Lipinski definition) is 1. The zero-order chi connectivity index (χ0) is 15.2. The van der Waals surface area contributed by atoms with Gasteiger partial charge in [0.05, 0.1) is 6.10 Å². The van der Waals surface area contributed by atoms with Crippen LogP contribution in [0.4, 0.5) is 0 Å². The van der Waals surface area contributed by atoms with Crippen LogP contribution in [0.3, 0.4) is 0 Å². The molecule has 1 N–H and O–H groups in total. The molecular formula is C16H15Br2ClO2. The molecule has 0 aliphatic carbocycles. The van der Waals surface area contributed by atoms with Crippen molar-refractivity contribution in [1.82, 2.24) is 0 Å². The second-order valence-corrected chi connectivity index (χ2v) is 6.67. The van der Waals surface area contributed by atoms with Gasteiger partial charge in [-0.25, -0.2) is 0 Å². The summed E-state index contributed by atoms with van der Waals surface area (Å²) in [5, 5.41) is 9.68. The molecule has 21 heavy (non-hydrogen) atoms. The highest BCUT2D eigenvalue weighted by Crippen LogP contribution is 2.32. The van der Waals surface area contributed by atoms with Gasteiger partial charge in [0, 0.05) is 21.2 Å². The Kier molecular flexibility index (Phi) is 6.55. The first-order valence-electron chi connectivity index (χ1n) is 6.49. The van der Waals surface area contributed by atoms with Crippen LogP contribution in [0.15, 0.2) is 51.4 Å². The van der Waals surface area contributed by atoms with E-state index in [9.17, 15) is 5.11 Å². The fourth-order valence-corrected chi connectivity index (χ4v) is 3.47. The molecular weight excluding hydrogens is 419 g/mol. The van der Waals surface area contributed by atoms with Crippen LogP contribution in [-0.4, -0.2) is 17.1 Å². The Hall–Kier alpha value is -0.550. The van der Waals surface area contributed by atoms with Crippen molar-refractivity contribution in [2.24, 2.45) is 0 Å². The number of hydrogen-bond acceptors (Lipinski definition) is 2. The number of halogens is 3. The predicted molar refractivity (Wildman–Crippen MR) is 93.0 cm³/mol. The molecule has 0 saturated heterocycles. The third-order valence-corrected chi connectivity index (χ3v) is 4.75. The molecule has 112 valence electrons. The second kappa shape index (κ2) is 8.18. The highest BCUT2D eigenvalue weighted by atomic mass is 79.9. The van der Waals surface area contributed by atoms with Crippen molar-refractivity contribution in [2.45, 2.75) is 19.1 Å². The molecule has 0 aromatic heterocycles. The molecule has 0 aliphatic heterocycles. The molecule has 2 aromatic rings. The lowest BCUT2D eigenvalue weighted by molar-refractivity contribution is 0.198. The van der Waals surface area contributed by atoms with Gasteiger partial charge in [-0.3, -0.25) is 0 Å². The third-order valence-electron chi connectivity index (χ3n) is 2.98. The Bertz CT molecular complexity index is 567. The van der Waals surface area contributed by atoms with E-state index in [1.165, 1.54) is 0 Å². The highest BCUT2D eigenvalue weighted by molar-refractivity contribution is 9.11. The smallest absolute Gasteiger partial charge is 0.122 e. The zero-order valence-electron chi connectivity index (χ0n) is 11.2. The van der Waals surface area contributed by atoms with Gasteiger partial charge in [0.25, 0.3) is 0 Å². The SMILES string of the molecule is O[C@H](CCl)Cc1c(Br)cc(OCc2ccccc2)cc1Br. The topological polar surface area (TPSA) is 29.5 Å². The van der Waals surface area contributed by atoms with Crippen LogP contribution in [0.2, 0.25) is 0 Å². The fraction of sp³-hybridized carbons (Fsp3) is 0.250. The summed E-state index contributed by atoms with van der Waals surface area (Å²) in [6.45, 7) is 0.517. The van der Waals surface area contributed by atoms with Crippen molar-refractivity contribution in [1.29, 1.82) is 0 Å². The number of aliphatic hydroxyl groups is 1. The Morgan fingerprint density at radius 2 is 1.71 bits per heavy atom. The molecule has 2 aromatic carbocycles. The molecule has 2 nitrogen and oxygen atoms in total. The first kappa shape index (κ1) is 16.8. The van der Waals surface area contributed by atoms with E-state index in [1.807, 2.05) is 42.5 Å². The van der Waals surface area contributed by atoms with Crippen LogP contribution in [0, 0.1) is 0 Å². The summed E-state index contributed by atoms with van der Waals surface area (Å²) < 4.78 is 7.58. The van der Waals surface area contributed by atoms with Gasteiger partial charge < -0.3 is 9.84 Å². The minimum Gasteiger partial charge on any atom is -0.489 e. The molecule has 5 heteroatoms. The molecule has 0 aliphatic rings. The van der Waals surface area contributed by atoms with Crippen LogP contribution in [0.25, 0.3) is 0 Å². The summed E-state index contributed by atoms with van der Waals surface area (Å²) in [5.41, 5.74) is 2.10. The van der Waals surface area contributed by atoms with Crippen LogP contribution in [0.1, 0.15) is 11.1 Å². The van der Waals surface area contributed by atoms with Crippen molar-refractivity contribution in [2.75, 3.05) is 5.88 Å². The summed E-state index contributed by atoms with van der Waals surface area (Å²) in [5.74, 6) is 0.979. The fourth-order valence-electron chi connectivity index (χ4n) is 1.89. The summed E-state index contributed by atoms with van der Waals surface area (Å²) in [7, 11) is 0. The summed E-state index contributed by atoms with van der Waals surface area (Å²) in [6, 6.07) is 13.8. The van der Waals surface area contributed by atoms with E-state index in [0.29, 0.717) is 13.0 Å². The van der Waals surface area contributed by atoms with Crippen molar-refractivity contribution in [3.8, 4) is 5.75 Å². The molecule has 0 radical (unpaired) electrons. The monoisotopic (exact) mass is 432 g/mol. The van der Waals surface area contributed by atoms with Gasteiger partial charge in [-0.2, -0.15) is 0 Å². The lowest BCUT2D eigenvalue weighted by Crippen LogP contribution is -2.12. The lowest BCUT2D eigenvalue weighted by Gasteiger charge is -2.14. The van der Waals surface area contributed by atoms with Gasteiger partial charge in [-0.15, -0.1) is 11.6 Å². The van der Waals surface area contributed by atoms with E-state index < -0.39 is 6.10 Å². The Balaban J connectivity index is 2.08. The number of alkyl halides is 1. The minimum atomic E-state index is -0.560. The van der Waals surface area contributed by atoms with Crippen LogP contribution in [0.5, 0.6) is 5.75 Å². The quantitative estimate of drug-likeness (QED) is 0.653. The Labute approximate surface area is 146 Å². The second-order valence-electron chi connectivity index (χ2n) is 4.65. The van der Waals surface area contributed by atoms with E-state index in [2.05, 4.69) is 31.9 Å². The standard InChI is InChI=1S/C16H15Br2ClO2/c17-15-7-13(21-10-11-4-2-1-3-5-11)8-16(18)14(15)6-12(20)9-19/h1-5,7-8,12,20H,6,9-10H2/t12-/m0/s1. The van der Waals surface area contributed by atoms with Crippen LogP contribution in [-0.2, 0) is 13.0 Å². The molecule has 0 amide bonds. The molecule has 0 heterocycles. The third kappa shape index (κ3) is 4.99. The van der Waals surface area contributed by atoms with Crippen LogP contribution >= 0.6 is 43.5 Å². The molecule has 0 spiro atoms. The largest absolute Gasteiger partial charge is 0.489 e. The van der Waals surface area contributed by atoms with Gasteiger partial charge in [-0.05, 0) is 23.3 Å². The van der Waals surface area contributed by atoms with Crippen molar-refractivity contribution in [3.05, 3.63) is 62.5 Å². The van der Waals surface area contributed by atoms with E-state index >= 15 is 0 Å². The van der Waals surface area contributed by atoms with Gasteiger partial charge in [0.15, 0.2) is 0 Å². The predicted octanol–water partition coefficient (Wildman–Crippen LogP) is 4.93. The van der Waals surface area contributed by atoms with E-state index in [0.717, 1.165) is 25.8 Å². The van der Waals surface area contributed by atoms with Crippen LogP contribution < -0.4 is 4.74 Å². The average molecular weight is 435 g/mol. The maximum Gasteiger partial charge on any atom is 0.122 e. The van der Waals surface area contributed by atoms with Crippen molar-refractivity contribution >= 4 is 43.5 Å². The molecule has 2 rings (SSSR count). The number of aliphatic hydroxyl groups excluding tert-OH is 1. The zero-order valence-corrected chi connectivity index (χ0v) is 15.2. The normalized spacial score (nSPS) is 12.2. The van der Waals surface area contributed by atoms with Crippen molar-refractivity contribution < 1.29 is 9.84 Å². The molecule has 1 atom stereocenters. The minimum absolute atomic E-state index is 0.213. The van der Waals surface area contributed by atoms with Gasteiger partial charge in [-0.1, -0.05) is 62.2 Å². The number of ether oxygens (including phenoxy) is 1. The first-order valence-corrected chi connectivity index (χ1v) is 8.61. The summed E-state index contributed by atoms with van der Waals surface area (Å²) in [6.07, 6.45) is -0.0701. The van der Waals surface area contributed by atoms with Gasteiger partial charge in [0.2, 0.25) is 0 Å². The van der Waals surface area contributed by atoms with Gasteiger partial charge in [0.1, 0.15) is 12.4 Å². The maximum absolute atomic E-state index is 9.68. The Morgan fingerprint density at radius 1 is 1.10 bits per heavy atom. The lowest BCUT2D eigenvalue weighted by atomic mass is 10.1. The molecule has 0 bridgehead atoms. The molecule has 0 fully saturated rings. The molecule has 0 unspecified atom stereocenters. The van der Waals surface area contributed by atoms with E-state index in [4.69, 9.17) is 16.3 Å².